The van der Waals surface area contributed by atoms with Crippen molar-refractivity contribution in [1.82, 2.24) is 5.32 Å². The van der Waals surface area contributed by atoms with Crippen LogP contribution in [0.3, 0.4) is 0 Å². The molecule has 0 aromatic heterocycles. The van der Waals surface area contributed by atoms with Crippen molar-refractivity contribution < 1.29 is 0 Å². The summed E-state index contributed by atoms with van der Waals surface area (Å²) < 4.78 is 1.05. The first-order valence-corrected chi connectivity index (χ1v) is 8.32. The predicted molar refractivity (Wildman–Crippen MR) is 93.1 cm³/mol. The average Bonchev–Trinajstić information content (AvgIpc) is 2.49. The highest BCUT2D eigenvalue weighted by Crippen LogP contribution is 2.33. The topological polar surface area (TPSA) is 15.3 Å². The molecule has 1 aliphatic rings. The van der Waals surface area contributed by atoms with Gasteiger partial charge in [-0.15, -0.1) is 0 Å². The molecule has 0 spiro atoms. The van der Waals surface area contributed by atoms with Crippen molar-refractivity contribution in [3.63, 3.8) is 0 Å². The molecule has 1 saturated heterocycles. The van der Waals surface area contributed by atoms with E-state index in [0.717, 1.165) is 22.6 Å². The van der Waals surface area contributed by atoms with Gasteiger partial charge < -0.3 is 10.2 Å². The number of nitrogens with zero attached hydrogens (tertiary/aromatic N) is 1. The molecule has 21 heavy (non-hydrogen) atoms. The third-order valence-corrected chi connectivity index (χ3v) is 4.86. The smallest absolute Gasteiger partial charge is 0.0515 e. The van der Waals surface area contributed by atoms with Gasteiger partial charge in [-0.05, 0) is 46.6 Å². The Hall–Kier alpha value is -1.03. The van der Waals surface area contributed by atoms with Crippen LogP contribution in [0.15, 0.2) is 53.0 Å². The van der Waals surface area contributed by atoms with E-state index in [4.69, 9.17) is 11.6 Å². The number of piperazine rings is 1. The SMILES string of the molecule is CC1CNC(c2ccccc2)CN1c1ccc(Cl)cc1Br. The van der Waals surface area contributed by atoms with Crippen LogP contribution in [0.5, 0.6) is 0 Å². The van der Waals surface area contributed by atoms with Crippen molar-refractivity contribution in [1.29, 1.82) is 0 Å². The van der Waals surface area contributed by atoms with E-state index in [-0.39, 0.29) is 0 Å². The van der Waals surface area contributed by atoms with Crippen LogP contribution in [0.1, 0.15) is 18.5 Å². The van der Waals surface area contributed by atoms with Gasteiger partial charge in [0.2, 0.25) is 0 Å². The van der Waals surface area contributed by atoms with Crippen LogP contribution in [-0.2, 0) is 0 Å². The second-order valence-electron chi connectivity index (χ2n) is 5.47. The monoisotopic (exact) mass is 364 g/mol. The molecule has 1 heterocycles. The molecule has 2 aromatic rings. The Morgan fingerprint density at radius 1 is 1.19 bits per heavy atom. The minimum atomic E-state index is 0.352. The lowest BCUT2D eigenvalue weighted by Crippen LogP contribution is -2.51. The number of rotatable bonds is 2. The van der Waals surface area contributed by atoms with Crippen LogP contribution < -0.4 is 10.2 Å². The molecule has 3 rings (SSSR count). The summed E-state index contributed by atoms with van der Waals surface area (Å²) in [6.45, 7) is 4.16. The normalized spacial score (nSPS) is 22.3. The fourth-order valence-electron chi connectivity index (χ4n) is 2.82. The van der Waals surface area contributed by atoms with E-state index in [0.29, 0.717) is 12.1 Å². The van der Waals surface area contributed by atoms with Gasteiger partial charge in [0.05, 0.1) is 5.69 Å². The fourth-order valence-corrected chi connectivity index (χ4v) is 3.73. The summed E-state index contributed by atoms with van der Waals surface area (Å²) >= 11 is 9.70. The highest BCUT2D eigenvalue weighted by Gasteiger charge is 2.27. The van der Waals surface area contributed by atoms with Crippen molar-refractivity contribution in [3.05, 3.63) is 63.6 Å². The summed E-state index contributed by atoms with van der Waals surface area (Å²) in [6, 6.07) is 17.4. The molecule has 0 radical (unpaired) electrons. The van der Waals surface area contributed by atoms with Crippen LogP contribution in [-0.4, -0.2) is 19.1 Å². The maximum Gasteiger partial charge on any atom is 0.0515 e. The van der Waals surface area contributed by atoms with Gasteiger partial charge in [-0.1, -0.05) is 41.9 Å². The fraction of sp³-hybridized carbons (Fsp3) is 0.294. The zero-order valence-electron chi connectivity index (χ0n) is 11.9. The van der Waals surface area contributed by atoms with E-state index in [9.17, 15) is 0 Å². The lowest BCUT2D eigenvalue weighted by molar-refractivity contribution is 0.414. The van der Waals surface area contributed by atoms with E-state index in [1.54, 1.807) is 0 Å². The van der Waals surface area contributed by atoms with Crippen molar-refractivity contribution in [2.75, 3.05) is 18.0 Å². The minimum absolute atomic E-state index is 0.352. The summed E-state index contributed by atoms with van der Waals surface area (Å²) in [5.41, 5.74) is 2.54. The zero-order valence-corrected chi connectivity index (χ0v) is 14.2. The van der Waals surface area contributed by atoms with Gasteiger partial charge in [0.25, 0.3) is 0 Å². The van der Waals surface area contributed by atoms with Crippen LogP contribution in [0, 0.1) is 0 Å². The van der Waals surface area contributed by atoms with Gasteiger partial charge in [0.15, 0.2) is 0 Å². The molecule has 0 saturated carbocycles. The molecule has 0 amide bonds. The average molecular weight is 366 g/mol. The summed E-state index contributed by atoms with van der Waals surface area (Å²) in [5, 5.41) is 4.39. The van der Waals surface area contributed by atoms with Crippen molar-refractivity contribution in [3.8, 4) is 0 Å². The van der Waals surface area contributed by atoms with E-state index < -0.39 is 0 Å². The predicted octanol–water partition coefficient (Wildman–Crippen LogP) is 4.64. The van der Waals surface area contributed by atoms with Gasteiger partial charge in [-0.3, -0.25) is 0 Å². The van der Waals surface area contributed by atoms with E-state index in [2.05, 4.69) is 69.5 Å². The molecular formula is C17H18BrClN2. The van der Waals surface area contributed by atoms with Crippen molar-refractivity contribution >= 4 is 33.2 Å². The maximum absolute atomic E-state index is 6.06. The number of anilines is 1. The highest BCUT2D eigenvalue weighted by molar-refractivity contribution is 9.10. The minimum Gasteiger partial charge on any atom is -0.365 e. The Kier molecular flexibility index (Phi) is 4.53. The Bertz CT molecular complexity index is 617. The number of hydrogen-bond acceptors (Lipinski definition) is 2. The molecule has 1 fully saturated rings. The Balaban J connectivity index is 1.87. The second-order valence-corrected chi connectivity index (χ2v) is 6.76. The first kappa shape index (κ1) is 14.9. The van der Waals surface area contributed by atoms with Crippen LogP contribution in [0.2, 0.25) is 5.02 Å². The quantitative estimate of drug-likeness (QED) is 0.834. The van der Waals surface area contributed by atoms with E-state index in [1.807, 2.05) is 12.1 Å². The Labute approximate surface area is 139 Å². The summed E-state index contributed by atoms with van der Waals surface area (Å²) in [6.07, 6.45) is 0. The van der Waals surface area contributed by atoms with Crippen molar-refractivity contribution in [2.24, 2.45) is 0 Å². The number of benzene rings is 2. The molecule has 1 aliphatic heterocycles. The standard InChI is InChI=1S/C17H18BrClN2/c1-12-10-20-16(13-5-3-2-4-6-13)11-21(12)17-8-7-14(19)9-15(17)18/h2-9,12,16,20H,10-11H2,1H3. The number of hydrogen-bond donors (Lipinski definition) is 1. The van der Waals surface area contributed by atoms with Gasteiger partial charge in [-0.25, -0.2) is 0 Å². The van der Waals surface area contributed by atoms with Crippen LogP contribution in [0.25, 0.3) is 0 Å². The molecule has 2 nitrogen and oxygen atoms in total. The summed E-state index contributed by atoms with van der Waals surface area (Å²) in [4.78, 5) is 2.44. The van der Waals surface area contributed by atoms with E-state index in [1.165, 1.54) is 11.3 Å². The molecule has 0 bridgehead atoms. The molecule has 0 aliphatic carbocycles. The van der Waals surface area contributed by atoms with Gasteiger partial charge >= 0.3 is 0 Å². The zero-order chi connectivity index (χ0) is 14.8. The van der Waals surface area contributed by atoms with Crippen molar-refractivity contribution in [2.45, 2.75) is 19.0 Å². The third-order valence-electron chi connectivity index (χ3n) is 3.99. The van der Waals surface area contributed by atoms with Gasteiger partial charge in [0, 0.05) is 34.7 Å². The van der Waals surface area contributed by atoms with Crippen LogP contribution in [0.4, 0.5) is 5.69 Å². The lowest BCUT2D eigenvalue weighted by atomic mass is 10.0. The first-order valence-electron chi connectivity index (χ1n) is 7.15. The molecule has 1 N–H and O–H groups in total. The Morgan fingerprint density at radius 3 is 2.67 bits per heavy atom. The molecule has 4 heteroatoms. The van der Waals surface area contributed by atoms with Crippen LogP contribution >= 0.6 is 27.5 Å². The molecule has 2 atom stereocenters. The highest BCUT2D eigenvalue weighted by atomic mass is 79.9. The van der Waals surface area contributed by atoms with Gasteiger partial charge in [-0.2, -0.15) is 0 Å². The van der Waals surface area contributed by atoms with E-state index >= 15 is 0 Å². The third kappa shape index (κ3) is 3.25. The number of halogens is 2. The summed E-state index contributed by atoms with van der Waals surface area (Å²) in [5.74, 6) is 0. The molecule has 2 unspecified atom stereocenters. The Morgan fingerprint density at radius 2 is 1.95 bits per heavy atom. The van der Waals surface area contributed by atoms with Gasteiger partial charge in [0.1, 0.15) is 0 Å². The lowest BCUT2D eigenvalue weighted by Gasteiger charge is -2.41. The summed E-state index contributed by atoms with van der Waals surface area (Å²) in [7, 11) is 0. The number of nitrogens with one attached hydrogen (secondary N) is 1. The maximum atomic E-state index is 6.06. The second kappa shape index (κ2) is 6.39. The molecule has 2 aromatic carbocycles. The molecular weight excluding hydrogens is 348 g/mol. The molecule has 110 valence electrons. The largest absolute Gasteiger partial charge is 0.365 e. The first-order chi connectivity index (χ1) is 10.1.